The average molecular weight is 337 g/mol. The van der Waals surface area contributed by atoms with Gasteiger partial charge >= 0.3 is 5.97 Å². The van der Waals surface area contributed by atoms with Crippen molar-refractivity contribution >= 4 is 21.9 Å². The van der Waals surface area contributed by atoms with Crippen LogP contribution in [0.4, 0.5) is 0 Å². The minimum atomic E-state index is -0.463. The van der Waals surface area contributed by atoms with Gasteiger partial charge in [0.05, 0.1) is 7.11 Å². The number of hydrogen-bond acceptors (Lipinski definition) is 4. The zero-order chi connectivity index (χ0) is 14.4. The van der Waals surface area contributed by atoms with Gasteiger partial charge in [0.2, 0.25) is 0 Å². The molecule has 0 aliphatic carbocycles. The van der Waals surface area contributed by atoms with Crippen molar-refractivity contribution in [2.24, 2.45) is 0 Å². The molecule has 2 rings (SSSR count). The first kappa shape index (κ1) is 14.4. The zero-order valence-corrected chi connectivity index (χ0v) is 12.4. The third-order valence-corrected chi connectivity index (χ3v) is 2.94. The third kappa shape index (κ3) is 4.28. The summed E-state index contributed by atoms with van der Waals surface area (Å²) in [6.45, 7) is -0.150. The monoisotopic (exact) mass is 336 g/mol. The third-order valence-electron chi connectivity index (χ3n) is 2.44. The first-order chi connectivity index (χ1) is 9.67. The van der Waals surface area contributed by atoms with E-state index in [0.717, 1.165) is 4.47 Å². The van der Waals surface area contributed by atoms with Crippen LogP contribution in [0.5, 0.6) is 17.2 Å². The molecule has 0 aliphatic heterocycles. The quantitative estimate of drug-likeness (QED) is 0.619. The highest BCUT2D eigenvalue weighted by Crippen LogP contribution is 2.19. The van der Waals surface area contributed by atoms with Crippen LogP contribution >= 0.6 is 15.9 Å². The van der Waals surface area contributed by atoms with Gasteiger partial charge in [-0.05, 0) is 42.5 Å². The summed E-state index contributed by atoms with van der Waals surface area (Å²) in [4.78, 5) is 11.6. The number of methoxy groups -OCH3 is 1. The lowest BCUT2D eigenvalue weighted by Gasteiger charge is -2.07. The fraction of sp³-hybridized carbons (Fsp3) is 0.133. The SMILES string of the molecule is COc1ccc(OC(=O)COc2cccc(Br)c2)cc1. The normalized spacial score (nSPS) is 9.90. The molecule has 0 fully saturated rings. The van der Waals surface area contributed by atoms with Crippen LogP contribution in [0.15, 0.2) is 53.0 Å². The number of rotatable bonds is 5. The number of carbonyl (C=O) groups excluding carboxylic acids is 1. The number of ether oxygens (including phenoxy) is 3. The van der Waals surface area contributed by atoms with Gasteiger partial charge in [-0.3, -0.25) is 0 Å². The van der Waals surface area contributed by atoms with Gasteiger partial charge in [-0.25, -0.2) is 4.79 Å². The number of hydrogen-bond donors (Lipinski definition) is 0. The van der Waals surface area contributed by atoms with Gasteiger partial charge in [0, 0.05) is 4.47 Å². The molecular weight excluding hydrogens is 324 g/mol. The van der Waals surface area contributed by atoms with Crippen LogP contribution in [0.3, 0.4) is 0 Å². The lowest BCUT2D eigenvalue weighted by atomic mass is 10.3. The first-order valence-corrected chi connectivity index (χ1v) is 6.70. The van der Waals surface area contributed by atoms with Gasteiger partial charge in [0.15, 0.2) is 6.61 Å². The smallest absolute Gasteiger partial charge is 0.349 e. The molecule has 0 aliphatic rings. The predicted octanol–water partition coefficient (Wildman–Crippen LogP) is 3.44. The van der Waals surface area contributed by atoms with Crippen molar-refractivity contribution in [1.82, 2.24) is 0 Å². The standard InChI is InChI=1S/C15H13BrO4/c1-18-12-5-7-13(8-6-12)20-15(17)10-19-14-4-2-3-11(16)9-14/h2-9H,10H2,1H3. The van der Waals surface area contributed by atoms with Crippen molar-refractivity contribution in [3.8, 4) is 17.2 Å². The minimum absolute atomic E-state index is 0.150. The summed E-state index contributed by atoms with van der Waals surface area (Å²) in [5.41, 5.74) is 0. The second kappa shape index (κ2) is 6.96. The lowest BCUT2D eigenvalue weighted by molar-refractivity contribution is -0.136. The molecule has 4 nitrogen and oxygen atoms in total. The summed E-state index contributed by atoms with van der Waals surface area (Å²) >= 11 is 3.33. The number of esters is 1. The van der Waals surface area contributed by atoms with E-state index in [4.69, 9.17) is 14.2 Å². The predicted molar refractivity (Wildman–Crippen MR) is 78.3 cm³/mol. The van der Waals surface area contributed by atoms with E-state index in [2.05, 4.69) is 15.9 Å². The van der Waals surface area contributed by atoms with Crippen LogP contribution in [0.25, 0.3) is 0 Å². The van der Waals surface area contributed by atoms with Crippen molar-refractivity contribution in [2.75, 3.05) is 13.7 Å². The first-order valence-electron chi connectivity index (χ1n) is 5.90. The highest BCUT2D eigenvalue weighted by molar-refractivity contribution is 9.10. The molecule has 0 atom stereocenters. The summed E-state index contributed by atoms with van der Waals surface area (Å²) in [5, 5.41) is 0. The number of benzene rings is 2. The summed E-state index contributed by atoms with van der Waals surface area (Å²) in [6.07, 6.45) is 0. The largest absolute Gasteiger partial charge is 0.497 e. The van der Waals surface area contributed by atoms with E-state index in [-0.39, 0.29) is 6.61 Å². The summed E-state index contributed by atoms with van der Waals surface area (Å²) in [7, 11) is 1.58. The van der Waals surface area contributed by atoms with Crippen LogP contribution in [0.1, 0.15) is 0 Å². The van der Waals surface area contributed by atoms with E-state index in [1.807, 2.05) is 12.1 Å². The van der Waals surface area contributed by atoms with Crippen molar-refractivity contribution in [3.63, 3.8) is 0 Å². The van der Waals surface area contributed by atoms with E-state index in [1.54, 1.807) is 43.5 Å². The highest BCUT2D eigenvalue weighted by atomic mass is 79.9. The maximum absolute atomic E-state index is 11.6. The van der Waals surface area contributed by atoms with Gasteiger partial charge in [-0.1, -0.05) is 22.0 Å². The zero-order valence-electron chi connectivity index (χ0n) is 10.8. The molecule has 0 bridgehead atoms. The highest BCUT2D eigenvalue weighted by Gasteiger charge is 2.06. The molecule has 0 unspecified atom stereocenters. The molecule has 5 heteroatoms. The second-order valence-corrected chi connectivity index (χ2v) is 4.81. The molecule has 20 heavy (non-hydrogen) atoms. The Morgan fingerprint density at radius 1 is 1.05 bits per heavy atom. The molecular formula is C15H13BrO4. The van der Waals surface area contributed by atoms with E-state index in [9.17, 15) is 4.79 Å². The Balaban J connectivity index is 1.85. The molecule has 0 N–H and O–H groups in total. The number of carbonyl (C=O) groups is 1. The molecule has 0 saturated heterocycles. The Labute approximate surface area is 125 Å². The maximum atomic E-state index is 11.6. The van der Waals surface area contributed by atoms with Crippen molar-refractivity contribution in [1.29, 1.82) is 0 Å². The molecule has 0 spiro atoms. The van der Waals surface area contributed by atoms with Crippen LogP contribution in [0.2, 0.25) is 0 Å². The molecule has 0 aromatic heterocycles. The molecule has 0 saturated carbocycles. The van der Waals surface area contributed by atoms with Crippen molar-refractivity contribution in [2.45, 2.75) is 0 Å². The van der Waals surface area contributed by atoms with Crippen LogP contribution in [0, 0.1) is 0 Å². The topological polar surface area (TPSA) is 44.8 Å². The van der Waals surface area contributed by atoms with E-state index < -0.39 is 5.97 Å². The molecule has 0 amide bonds. The Morgan fingerprint density at radius 2 is 1.75 bits per heavy atom. The summed E-state index contributed by atoms with van der Waals surface area (Å²) in [5.74, 6) is 1.30. The number of halogens is 1. The molecule has 0 radical (unpaired) electrons. The second-order valence-electron chi connectivity index (χ2n) is 3.90. The van der Waals surface area contributed by atoms with Gasteiger partial charge in [-0.2, -0.15) is 0 Å². The molecule has 0 heterocycles. The van der Waals surface area contributed by atoms with Gasteiger partial charge in [0.1, 0.15) is 17.2 Å². The summed E-state index contributed by atoms with van der Waals surface area (Å²) in [6, 6.07) is 14.0. The summed E-state index contributed by atoms with van der Waals surface area (Å²) < 4.78 is 16.4. The van der Waals surface area contributed by atoms with Crippen molar-refractivity contribution < 1.29 is 19.0 Å². The average Bonchev–Trinajstić information content (AvgIpc) is 2.46. The Bertz CT molecular complexity index is 581. The Kier molecular flexibility index (Phi) is 5.01. The fourth-order valence-corrected chi connectivity index (χ4v) is 1.88. The molecule has 104 valence electrons. The van der Waals surface area contributed by atoms with Crippen molar-refractivity contribution in [3.05, 3.63) is 53.0 Å². The fourth-order valence-electron chi connectivity index (χ4n) is 1.50. The van der Waals surface area contributed by atoms with Gasteiger partial charge in [-0.15, -0.1) is 0 Å². The van der Waals surface area contributed by atoms with Gasteiger partial charge < -0.3 is 14.2 Å². The molecule has 2 aromatic carbocycles. The van der Waals surface area contributed by atoms with Crippen LogP contribution in [-0.2, 0) is 4.79 Å². The maximum Gasteiger partial charge on any atom is 0.349 e. The van der Waals surface area contributed by atoms with Crippen LogP contribution in [-0.4, -0.2) is 19.7 Å². The van der Waals surface area contributed by atoms with Gasteiger partial charge in [0.25, 0.3) is 0 Å². The minimum Gasteiger partial charge on any atom is -0.497 e. The van der Waals surface area contributed by atoms with E-state index >= 15 is 0 Å². The Hall–Kier alpha value is -2.01. The molecule has 2 aromatic rings. The lowest BCUT2D eigenvalue weighted by Crippen LogP contribution is -2.17. The Morgan fingerprint density at radius 3 is 2.40 bits per heavy atom. The van der Waals surface area contributed by atoms with E-state index in [0.29, 0.717) is 17.2 Å². The van der Waals surface area contributed by atoms with Crippen LogP contribution < -0.4 is 14.2 Å². The van der Waals surface area contributed by atoms with E-state index in [1.165, 1.54) is 0 Å².